The predicted molar refractivity (Wildman–Crippen MR) is 69.6 cm³/mol. The van der Waals surface area contributed by atoms with Crippen molar-refractivity contribution in [2.45, 2.75) is 6.04 Å². The highest BCUT2D eigenvalue weighted by molar-refractivity contribution is 9.10. The summed E-state index contributed by atoms with van der Waals surface area (Å²) >= 11 is 2.99. The molecular formula is C13H9BrF4N2. The zero-order valence-corrected chi connectivity index (χ0v) is 11.5. The lowest BCUT2D eigenvalue weighted by atomic mass is 9.98. The van der Waals surface area contributed by atoms with Crippen LogP contribution in [-0.4, -0.2) is 0 Å². The first-order valence-electron chi connectivity index (χ1n) is 5.50. The average molecular weight is 349 g/mol. The summed E-state index contributed by atoms with van der Waals surface area (Å²) in [6.45, 7) is 0. The van der Waals surface area contributed by atoms with Crippen LogP contribution in [0.3, 0.4) is 0 Å². The van der Waals surface area contributed by atoms with Crippen LogP contribution in [0.15, 0.2) is 34.8 Å². The molecule has 0 bridgehead atoms. The molecule has 106 valence electrons. The molecule has 0 aliphatic rings. The number of benzene rings is 2. The van der Waals surface area contributed by atoms with E-state index in [2.05, 4.69) is 21.4 Å². The summed E-state index contributed by atoms with van der Waals surface area (Å²) in [5, 5.41) is 0. The van der Waals surface area contributed by atoms with Gasteiger partial charge in [-0.05, 0) is 28.1 Å². The van der Waals surface area contributed by atoms with E-state index in [0.29, 0.717) is 0 Å². The second-order valence-electron chi connectivity index (χ2n) is 4.01. The van der Waals surface area contributed by atoms with Gasteiger partial charge in [0.2, 0.25) is 0 Å². The molecule has 2 rings (SSSR count). The lowest BCUT2D eigenvalue weighted by Crippen LogP contribution is -2.30. The molecule has 2 aromatic carbocycles. The maximum Gasteiger partial charge on any atom is 0.194 e. The van der Waals surface area contributed by atoms with Gasteiger partial charge in [-0.2, -0.15) is 0 Å². The number of rotatable bonds is 3. The zero-order chi connectivity index (χ0) is 14.9. The molecule has 0 aliphatic heterocycles. The molecule has 0 heterocycles. The Balaban J connectivity index is 2.59. The molecule has 0 saturated heterocycles. The van der Waals surface area contributed by atoms with Gasteiger partial charge in [-0.1, -0.05) is 18.2 Å². The summed E-state index contributed by atoms with van der Waals surface area (Å²) in [6, 6.07) is 4.96. The van der Waals surface area contributed by atoms with E-state index in [-0.39, 0.29) is 15.6 Å². The fourth-order valence-electron chi connectivity index (χ4n) is 1.85. The maximum absolute atomic E-state index is 14.0. The van der Waals surface area contributed by atoms with E-state index in [1.165, 1.54) is 18.2 Å². The summed E-state index contributed by atoms with van der Waals surface area (Å²) in [7, 11) is 0. The van der Waals surface area contributed by atoms with Crippen molar-refractivity contribution in [3.05, 3.63) is 69.2 Å². The molecule has 0 saturated carbocycles. The molecule has 0 aliphatic carbocycles. The number of nitrogens with two attached hydrogens (primary N) is 1. The molecule has 0 radical (unpaired) electrons. The Morgan fingerprint density at radius 2 is 1.55 bits per heavy atom. The first kappa shape index (κ1) is 15.0. The van der Waals surface area contributed by atoms with Crippen molar-refractivity contribution < 1.29 is 17.6 Å². The minimum atomic E-state index is -1.63. The molecule has 0 aromatic heterocycles. The maximum atomic E-state index is 14.0. The smallest absolute Gasteiger partial charge is 0.194 e. The van der Waals surface area contributed by atoms with Crippen LogP contribution in [0.5, 0.6) is 0 Å². The molecule has 1 atom stereocenters. The Labute approximate surface area is 120 Å². The standard InChI is InChI=1S/C13H9BrF4N2/c14-8-3-1-2-6(10(8)16)13(20-19)7-4-5-9(15)12(18)11(7)17/h1-5,13,20H,19H2. The Morgan fingerprint density at radius 1 is 0.900 bits per heavy atom. The van der Waals surface area contributed by atoms with Crippen LogP contribution >= 0.6 is 15.9 Å². The number of hydrazine groups is 1. The molecule has 0 spiro atoms. The first-order chi connectivity index (χ1) is 9.47. The third kappa shape index (κ3) is 2.56. The largest absolute Gasteiger partial charge is 0.271 e. The Morgan fingerprint density at radius 3 is 2.20 bits per heavy atom. The van der Waals surface area contributed by atoms with Gasteiger partial charge < -0.3 is 0 Å². The van der Waals surface area contributed by atoms with E-state index in [1.54, 1.807) is 0 Å². The van der Waals surface area contributed by atoms with Crippen LogP contribution in [0.2, 0.25) is 0 Å². The minimum Gasteiger partial charge on any atom is -0.271 e. The van der Waals surface area contributed by atoms with Crippen molar-refractivity contribution in [1.29, 1.82) is 0 Å². The summed E-state index contributed by atoms with van der Waals surface area (Å²) in [5.41, 5.74) is 1.92. The second kappa shape index (κ2) is 5.90. The van der Waals surface area contributed by atoms with Gasteiger partial charge in [-0.3, -0.25) is 5.84 Å². The summed E-state index contributed by atoms with van der Waals surface area (Å²) in [6.07, 6.45) is 0. The fourth-order valence-corrected chi connectivity index (χ4v) is 2.24. The quantitative estimate of drug-likeness (QED) is 0.385. The monoisotopic (exact) mass is 348 g/mol. The van der Waals surface area contributed by atoms with Crippen LogP contribution in [0.4, 0.5) is 17.6 Å². The van der Waals surface area contributed by atoms with E-state index in [9.17, 15) is 17.6 Å². The minimum absolute atomic E-state index is 0.00628. The highest BCUT2D eigenvalue weighted by Gasteiger charge is 2.24. The van der Waals surface area contributed by atoms with E-state index >= 15 is 0 Å². The highest BCUT2D eigenvalue weighted by Crippen LogP contribution is 2.30. The lowest BCUT2D eigenvalue weighted by Gasteiger charge is -2.19. The Bertz CT molecular complexity index is 649. The van der Waals surface area contributed by atoms with Gasteiger partial charge >= 0.3 is 0 Å². The van der Waals surface area contributed by atoms with Gasteiger partial charge in [0.15, 0.2) is 17.5 Å². The van der Waals surface area contributed by atoms with Crippen molar-refractivity contribution in [1.82, 2.24) is 5.43 Å². The normalized spacial score (nSPS) is 12.5. The van der Waals surface area contributed by atoms with E-state index in [1.807, 2.05) is 0 Å². The molecule has 7 heteroatoms. The van der Waals surface area contributed by atoms with E-state index in [4.69, 9.17) is 5.84 Å². The average Bonchev–Trinajstić information content (AvgIpc) is 2.44. The van der Waals surface area contributed by atoms with Crippen molar-refractivity contribution in [2.75, 3.05) is 0 Å². The number of hydrogen-bond acceptors (Lipinski definition) is 2. The number of halogens is 5. The lowest BCUT2D eigenvalue weighted by molar-refractivity contribution is 0.431. The Hall–Kier alpha value is -1.44. The molecular weight excluding hydrogens is 340 g/mol. The number of nitrogens with one attached hydrogen (secondary N) is 1. The fraction of sp³-hybridized carbons (Fsp3) is 0.0769. The van der Waals surface area contributed by atoms with Crippen molar-refractivity contribution in [3.63, 3.8) is 0 Å². The second-order valence-corrected chi connectivity index (χ2v) is 4.86. The van der Waals surface area contributed by atoms with Crippen LogP contribution in [0.1, 0.15) is 17.2 Å². The van der Waals surface area contributed by atoms with Gasteiger partial charge in [0, 0.05) is 11.1 Å². The van der Waals surface area contributed by atoms with Crippen molar-refractivity contribution >= 4 is 15.9 Å². The van der Waals surface area contributed by atoms with Gasteiger partial charge in [0.1, 0.15) is 5.82 Å². The molecule has 2 aromatic rings. The van der Waals surface area contributed by atoms with Crippen LogP contribution < -0.4 is 11.3 Å². The van der Waals surface area contributed by atoms with Gasteiger partial charge in [-0.15, -0.1) is 0 Å². The summed E-state index contributed by atoms with van der Waals surface area (Å²) in [4.78, 5) is 0. The van der Waals surface area contributed by atoms with Crippen LogP contribution in [0, 0.1) is 23.3 Å². The van der Waals surface area contributed by atoms with Crippen LogP contribution in [-0.2, 0) is 0 Å². The molecule has 0 fully saturated rings. The third-order valence-electron chi connectivity index (χ3n) is 2.84. The van der Waals surface area contributed by atoms with E-state index in [0.717, 1.165) is 12.1 Å². The Kier molecular flexibility index (Phi) is 4.42. The summed E-state index contributed by atoms with van der Waals surface area (Å²) < 4.78 is 54.1. The van der Waals surface area contributed by atoms with Crippen LogP contribution in [0.25, 0.3) is 0 Å². The van der Waals surface area contributed by atoms with Gasteiger partial charge in [0.05, 0.1) is 10.5 Å². The van der Waals surface area contributed by atoms with Gasteiger partial charge in [-0.25, -0.2) is 23.0 Å². The van der Waals surface area contributed by atoms with Crippen molar-refractivity contribution in [3.8, 4) is 0 Å². The highest BCUT2D eigenvalue weighted by atomic mass is 79.9. The van der Waals surface area contributed by atoms with Crippen molar-refractivity contribution in [2.24, 2.45) is 5.84 Å². The SMILES string of the molecule is NNC(c1cccc(Br)c1F)c1ccc(F)c(F)c1F. The molecule has 20 heavy (non-hydrogen) atoms. The molecule has 1 unspecified atom stereocenters. The number of hydrogen-bond donors (Lipinski definition) is 2. The van der Waals surface area contributed by atoms with E-state index < -0.39 is 29.3 Å². The zero-order valence-electron chi connectivity index (χ0n) is 9.93. The summed E-state index contributed by atoms with van der Waals surface area (Å²) in [5.74, 6) is 0.272. The molecule has 2 nitrogen and oxygen atoms in total. The topological polar surface area (TPSA) is 38.0 Å². The first-order valence-corrected chi connectivity index (χ1v) is 6.30. The molecule has 0 amide bonds. The van der Waals surface area contributed by atoms with Gasteiger partial charge in [0.25, 0.3) is 0 Å². The molecule has 3 N–H and O–H groups in total. The predicted octanol–water partition coefficient (Wildman–Crippen LogP) is 3.56. The third-order valence-corrected chi connectivity index (χ3v) is 3.45.